The average molecular weight is 631 g/mol. The third-order valence-corrected chi connectivity index (χ3v) is 10.1. The largest absolute Gasteiger partial charge is 0.444 e. The van der Waals surface area contributed by atoms with E-state index in [1.807, 2.05) is 72.3 Å². The number of rotatable bonds is 7. The van der Waals surface area contributed by atoms with Crippen molar-refractivity contribution in [2.45, 2.75) is 65.4 Å². The Morgan fingerprint density at radius 3 is 2.13 bits per heavy atom. The number of piperazine rings is 1. The van der Waals surface area contributed by atoms with Crippen LogP contribution in [0.1, 0.15) is 68.4 Å². The van der Waals surface area contributed by atoms with Gasteiger partial charge in [0.1, 0.15) is 5.60 Å². The molecule has 2 saturated heterocycles. The molecule has 0 atom stereocenters. The molecule has 0 spiro atoms. The van der Waals surface area contributed by atoms with Crippen LogP contribution >= 0.6 is 11.3 Å². The number of carbonyl (C=O) groups is 3. The van der Waals surface area contributed by atoms with E-state index in [2.05, 4.69) is 25.1 Å². The Hall–Kier alpha value is -3.85. The fourth-order valence-electron chi connectivity index (χ4n) is 6.31. The number of hydrogen-bond acceptors (Lipinski definition) is 6. The average Bonchev–Trinajstić information content (AvgIpc) is 3.57. The van der Waals surface area contributed by atoms with E-state index in [1.54, 1.807) is 16.2 Å². The van der Waals surface area contributed by atoms with Gasteiger partial charge in [0, 0.05) is 61.8 Å². The third kappa shape index (κ3) is 8.06. The molecular formula is C36H46N4O4S. The summed E-state index contributed by atoms with van der Waals surface area (Å²) < 4.78 is 5.49. The lowest BCUT2D eigenvalue weighted by Gasteiger charge is -2.44. The lowest BCUT2D eigenvalue weighted by atomic mass is 9.72. The highest BCUT2D eigenvalue weighted by Crippen LogP contribution is 2.39. The second kappa shape index (κ2) is 13.6. The second-order valence-electron chi connectivity index (χ2n) is 13.4. The summed E-state index contributed by atoms with van der Waals surface area (Å²) in [6, 6.07) is 18.1. The molecule has 8 nitrogen and oxygen atoms in total. The first-order chi connectivity index (χ1) is 21.4. The molecule has 2 aromatic carbocycles. The minimum absolute atomic E-state index is 0.0560. The van der Waals surface area contributed by atoms with E-state index in [4.69, 9.17) is 10.5 Å². The molecule has 240 valence electrons. The Balaban J connectivity index is 1.13. The molecule has 9 heteroatoms. The van der Waals surface area contributed by atoms with Gasteiger partial charge in [-0.2, -0.15) is 0 Å². The number of piperidine rings is 1. The van der Waals surface area contributed by atoms with Crippen LogP contribution in [-0.4, -0.2) is 77.5 Å². The van der Waals surface area contributed by atoms with Crippen molar-refractivity contribution in [2.75, 3.05) is 45.0 Å². The number of ketones is 1. The minimum Gasteiger partial charge on any atom is -0.444 e. The van der Waals surface area contributed by atoms with E-state index >= 15 is 0 Å². The van der Waals surface area contributed by atoms with Crippen molar-refractivity contribution in [1.82, 2.24) is 14.7 Å². The summed E-state index contributed by atoms with van der Waals surface area (Å²) in [6.07, 6.45) is 3.78. The molecule has 2 fully saturated rings. The SMILES string of the molecule is CCC1(Cc2ccc(C(=O)Cc3cc(-c4cccs4)ccc3N)cc2)CCN(C(=O)N2CCN(C(=O)OC(C)(C)C)CC2)CC1. The monoisotopic (exact) mass is 630 g/mol. The first-order valence-electron chi connectivity index (χ1n) is 16.0. The lowest BCUT2D eigenvalue weighted by molar-refractivity contribution is 0.0145. The molecule has 0 unspecified atom stereocenters. The maximum absolute atomic E-state index is 13.3. The Labute approximate surface area is 271 Å². The number of urea groups is 1. The summed E-state index contributed by atoms with van der Waals surface area (Å²) in [5.41, 5.74) is 10.3. The first kappa shape index (κ1) is 32.5. The van der Waals surface area contributed by atoms with Crippen molar-refractivity contribution in [3.8, 4) is 10.4 Å². The Morgan fingerprint density at radius 2 is 1.53 bits per heavy atom. The summed E-state index contributed by atoms with van der Waals surface area (Å²) in [5, 5.41) is 2.04. The standard InChI is InChI=1S/C36H46N4O4S/c1-5-36(14-16-38(17-15-36)33(42)39-18-20-40(21-19-39)34(43)44-35(2,3)4)25-26-8-10-27(11-9-26)31(41)24-29-23-28(12-13-30(29)37)32-7-6-22-45-32/h6-13,22-23H,5,14-21,24-25,37H2,1-4H3. The van der Waals surface area contributed by atoms with Crippen LogP contribution in [0.3, 0.4) is 0 Å². The number of Topliss-reactive ketones (excluding diaryl/α,β-unsaturated/α-hetero) is 1. The number of nitrogen functional groups attached to an aromatic ring is 1. The fourth-order valence-corrected chi connectivity index (χ4v) is 7.03. The topological polar surface area (TPSA) is 96.2 Å². The smallest absolute Gasteiger partial charge is 0.410 e. The molecule has 2 aliphatic heterocycles. The molecule has 3 aromatic rings. The van der Waals surface area contributed by atoms with Crippen LogP contribution < -0.4 is 5.73 Å². The third-order valence-electron chi connectivity index (χ3n) is 9.20. The normalized spacial score (nSPS) is 16.8. The van der Waals surface area contributed by atoms with E-state index in [0.717, 1.165) is 54.8 Å². The van der Waals surface area contributed by atoms with E-state index in [1.165, 1.54) is 5.56 Å². The van der Waals surface area contributed by atoms with Crippen LogP contribution in [-0.2, 0) is 17.6 Å². The van der Waals surface area contributed by atoms with E-state index < -0.39 is 5.60 Å². The first-order valence-corrected chi connectivity index (χ1v) is 16.9. The molecular weight excluding hydrogens is 584 g/mol. The molecule has 3 amide bonds. The number of ether oxygens (including phenoxy) is 1. The highest BCUT2D eigenvalue weighted by atomic mass is 32.1. The van der Waals surface area contributed by atoms with Gasteiger partial charge in [-0.05, 0) is 85.7 Å². The van der Waals surface area contributed by atoms with Crippen LogP contribution in [0.4, 0.5) is 15.3 Å². The van der Waals surface area contributed by atoms with Gasteiger partial charge < -0.3 is 25.2 Å². The molecule has 1 aromatic heterocycles. The number of thiophene rings is 1. The van der Waals surface area contributed by atoms with Crippen LogP contribution in [0, 0.1) is 5.41 Å². The summed E-state index contributed by atoms with van der Waals surface area (Å²) in [7, 11) is 0. The zero-order valence-electron chi connectivity index (χ0n) is 27.0. The van der Waals surface area contributed by atoms with Crippen molar-refractivity contribution in [3.63, 3.8) is 0 Å². The van der Waals surface area contributed by atoms with E-state index in [0.29, 0.717) is 37.4 Å². The molecule has 0 bridgehead atoms. The number of hydrogen-bond donors (Lipinski definition) is 1. The van der Waals surface area contributed by atoms with Crippen molar-refractivity contribution >= 4 is 34.9 Å². The Bertz CT molecular complexity index is 1480. The molecule has 2 N–H and O–H groups in total. The van der Waals surface area contributed by atoms with Gasteiger partial charge in [0.2, 0.25) is 0 Å². The van der Waals surface area contributed by atoms with Crippen LogP contribution in [0.2, 0.25) is 0 Å². The molecule has 2 aliphatic rings. The highest BCUT2D eigenvalue weighted by Gasteiger charge is 2.37. The molecule has 0 saturated carbocycles. The van der Waals surface area contributed by atoms with Crippen molar-refractivity contribution in [1.29, 1.82) is 0 Å². The van der Waals surface area contributed by atoms with Crippen molar-refractivity contribution in [2.24, 2.45) is 5.41 Å². The minimum atomic E-state index is -0.532. The molecule has 0 radical (unpaired) electrons. The van der Waals surface area contributed by atoms with Gasteiger partial charge in [-0.3, -0.25) is 4.79 Å². The number of benzene rings is 2. The van der Waals surface area contributed by atoms with Gasteiger partial charge in [0.05, 0.1) is 0 Å². The van der Waals surface area contributed by atoms with Crippen molar-refractivity contribution in [3.05, 3.63) is 76.7 Å². The van der Waals surface area contributed by atoms with Gasteiger partial charge in [0.25, 0.3) is 0 Å². The van der Waals surface area contributed by atoms with Gasteiger partial charge in [0.15, 0.2) is 5.78 Å². The zero-order chi connectivity index (χ0) is 32.2. The highest BCUT2D eigenvalue weighted by molar-refractivity contribution is 7.13. The van der Waals surface area contributed by atoms with E-state index in [-0.39, 0.29) is 29.7 Å². The summed E-state index contributed by atoms with van der Waals surface area (Å²) >= 11 is 1.67. The molecule has 0 aliphatic carbocycles. The van der Waals surface area contributed by atoms with Gasteiger partial charge in [-0.1, -0.05) is 49.7 Å². The Morgan fingerprint density at radius 1 is 0.889 bits per heavy atom. The molecule has 3 heterocycles. The van der Waals surface area contributed by atoms with Gasteiger partial charge in [-0.25, -0.2) is 9.59 Å². The number of anilines is 1. The predicted molar refractivity (Wildman–Crippen MR) is 181 cm³/mol. The number of nitrogens with two attached hydrogens (primary N) is 1. The number of amides is 3. The maximum Gasteiger partial charge on any atom is 0.410 e. The molecule has 5 rings (SSSR count). The number of likely N-dealkylation sites (tertiary alicyclic amines) is 1. The van der Waals surface area contributed by atoms with Crippen LogP contribution in [0.5, 0.6) is 0 Å². The summed E-state index contributed by atoms with van der Waals surface area (Å²) in [5.74, 6) is 0.0560. The number of carbonyl (C=O) groups excluding carboxylic acids is 3. The quantitative estimate of drug-likeness (QED) is 0.221. The van der Waals surface area contributed by atoms with Crippen LogP contribution in [0.15, 0.2) is 60.0 Å². The van der Waals surface area contributed by atoms with E-state index in [9.17, 15) is 14.4 Å². The lowest BCUT2D eigenvalue weighted by Crippen LogP contribution is -2.56. The van der Waals surface area contributed by atoms with Crippen molar-refractivity contribution < 1.29 is 19.1 Å². The zero-order valence-corrected chi connectivity index (χ0v) is 27.8. The fraction of sp³-hybridized carbons (Fsp3) is 0.472. The Kier molecular flexibility index (Phi) is 9.87. The van der Waals surface area contributed by atoms with Gasteiger partial charge in [-0.15, -0.1) is 11.3 Å². The molecule has 45 heavy (non-hydrogen) atoms. The van der Waals surface area contributed by atoms with Gasteiger partial charge >= 0.3 is 12.1 Å². The second-order valence-corrected chi connectivity index (χ2v) is 14.4. The summed E-state index contributed by atoms with van der Waals surface area (Å²) in [6.45, 7) is 11.3. The maximum atomic E-state index is 13.3. The summed E-state index contributed by atoms with van der Waals surface area (Å²) in [4.78, 5) is 45.6. The predicted octanol–water partition coefficient (Wildman–Crippen LogP) is 7.13. The van der Waals surface area contributed by atoms with Crippen LogP contribution in [0.25, 0.3) is 10.4 Å². The number of nitrogens with zero attached hydrogens (tertiary/aromatic N) is 3.